The number of hydrogen-bond donors (Lipinski definition) is 5. The Morgan fingerprint density at radius 1 is 0.816 bits per heavy atom. The van der Waals surface area contributed by atoms with Gasteiger partial charge in [-0.2, -0.15) is 0 Å². The summed E-state index contributed by atoms with van der Waals surface area (Å²) in [6.45, 7) is 1.27. The molecule has 9 heteroatoms. The number of carbonyl (C=O) groups is 3. The molecule has 0 saturated carbocycles. The maximum absolute atomic E-state index is 13.1. The van der Waals surface area contributed by atoms with Gasteiger partial charge in [0.2, 0.25) is 0 Å². The molecule has 1 saturated heterocycles. The van der Waals surface area contributed by atoms with Crippen LogP contribution in [0.2, 0.25) is 0 Å². The Kier molecular flexibility index (Phi) is 8.28. The summed E-state index contributed by atoms with van der Waals surface area (Å²) in [4.78, 5) is 40.7. The van der Waals surface area contributed by atoms with Crippen molar-refractivity contribution in [3.8, 4) is 11.5 Å². The topological polar surface area (TPSA) is 131 Å². The molecular formula is C29H32N4O5. The minimum absolute atomic E-state index is 0.0782. The van der Waals surface area contributed by atoms with E-state index in [-0.39, 0.29) is 46.7 Å². The monoisotopic (exact) mass is 516 g/mol. The van der Waals surface area contributed by atoms with Gasteiger partial charge in [-0.15, -0.1) is 0 Å². The first kappa shape index (κ1) is 26.7. The predicted molar refractivity (Wildman–Crippen MR) is 145 cm³/mol. The molecule has 5 N–H and O–H groups in total. The van der Waals surface area contributed by atoms with E-state index >= 15 is 0 Å². The molecule has 9 nitrogen and oxygen atoms in total. The molecule has 1 aliphatic rings. The number of hydrogen-bond acceptors (Lipinski definition) is 7. The maximum atomic E-state index is 13.1. The Bertz CT molecular complexity index is 1310. The molecule has 3 aromatic carbocycles. The minimum Gasteiger partial charge on any atom is -0.508 e. The molecule has 0 radical (unpaired) electrons. The lowest BCUT2D eigenvalue weighted by atomic mass is 9.99. The minimum atomic E-state index is -0.343. The predicted octanol–water partition coefficient (Wildman–Crippen LogP) is 2.68. The number of ketones is 1. The van der Waals surface area contributed by atoms with Crippen LogP contribution in [0.25, 0.3) is 0 Å². The molecule has 0 aliphatic carbocycles. The number of rotatable bonds is 7. The van der Waals surface area contributed by atoms with Gasteiger partial charge in [0, 0.05) is 43.0 Å². The second-order valence-corrected chi connectivity index (χ2v) is 9.56. The summed E-state index contributed by atoms with van der Waals surface area (Å²) in [7, 11) is 3.70. The molecule has 0 aromatic heterocycles. The molecular weight excluding hydrogens is 484 g/mol. The second kappa shape index (κ2) is 11.8. The van der Waals surface area contributed by atoms with Crippen molar-refractivity contribution in [1.29, 1.82) is 0 Å². The molecule has 1 heterocycles. The van der Waals surface area contributed by atoms with E-state index in [9.17, 15) is 24.6 Å². The highest BCUT2D eigenvalue weighted by Gasteiger charge is 2.27. The highest BCUT2D eigenvalue weighted by atomic mass is 16.3. The number of anilines is 1. The lowest BCUT2D eigenvalue weighted by Crippen LogP contribution is -2.54. The van der Waals surface area contributed by atoms with E-state index in [4.69, 9.17) is 0 Å². The fourth-order valence-corrected chi connectivity index (χ4v) is 4.40. The first-order valence-corrected chi connectivity index (χ1v) is 12.5. The number of amides is 2. The smallest absolute Gasteiger partial charge is 0.251 e. The van der Waals surface area contributed by atoms with Gasteiger partial charge in [0.05, 0.1) is 17.6 Å². The first-order valence-electron chi connectivity index (χ1n) is 12.5. The van der Waals surface area contributed by atoms with E-state index in [0.717, 1.165) is 18.7 Å². The number of phenols is 2. The van der Waals surface area contributed by atoms with Crippen LogP contribution in [-0.2, 0) is 0 Å². The van der Waals surface area contributed by atoms with Crippen molar-refractivity contribution in [2.45, 2.75) is 24.9 Å². The van der Waals surface area contributed by atoms with Crippen molar-refractivity contribution >= 4 is 23.3 Å². The van der Waals surface area contributed by atoms with E-state index in [1.165, 1.54) is 18.2 Å². The third-order valence-electron chi connectivity index (χ3n) is 6.63. The van der Waals surface area contributed by atoms with Crippen LogP contribution >= 0.6 is 0 Å². The number of nitrogens with zero attached hydrogens (tertiary/aromatic N) is 1. The van der Waals surface area contributed by atoms with E-state index in [1.54, 1.807) is 48.5 Å². The largest absolute Gasteiger partial charge is 0.508 e. The zero-order chi connectivity index (χ0) is 27.2. The van der Waals surface area contributed by atoms with E-state index < -0.39 is 0 Å². The van der Waals surface area contributed by atoms with Crippen molar-refractivity contribution in [1.82, 2.24) is 16.0 Å². The lowest BCUT2D eigenvalue weighted by molar-refractivity contribution is 0.0882. The standard InChI is InChI=1S/C29H32N4O5/c1-33(2)21-11-14-26(35)23(16-21)27(36)18-5-7-19(8-6-18)28(37)31-24-4-3-15-30-17-25(24)32-29(38)20-9-12-22(34)13-10-20/h5-14,16,24-25,30,34-35H,3-4,15,17H2,1-2H3,(H,31,37)(H,32,38)/t24-,25-/m1/s1. The molecule has 2 amide bonds. The highest BCUT2D eigenvalue weighted by molar-refractivity contribution is 6.11. The average molecular weight is 517 g/mol. The fourth-order valence-electron chi connectivity index (χ4n) is 4.40. The summed E-state index contributed by atoms with van der Waals surface area (Å²) in [6.07, 6.45) is 1.51. The van der Waals surface area contributed by atoms with Crippen LogP contribution in [0.3, 0.4) is 0 Å². The van der Waals surface area contributed by atoms with E-state index in [1.807, 2.05) is 19.0 Å². The number of nitrogens with one attached hydrogen (secondary N) is 3. The van der Waals surface area contributed by atoms with Crippen LogP contribution in [0.4, 0.5) is 5.69 Å². The summed E-state index contributed by atoms with van der Waals surface area (Å²) in [5.41, 5.74) is 2.12. The Labute approximate surface area is 221 Å². The third kappa shape index (κ3) is 6.30. The molecule has 0 bridgehead atoms. The Balaban J connectivity index is 1.45. The lowest BCUT2D eigenvalue weighted by Gasteiger charge is -2.27. The van der Waals surface area contributed by atoms with Crippen molar-refractivity contribution < 1.29 is 24.6 Å². The van der Waals surface area contributed by atoms with Crippen molar-refractivity contribution in [2.75, 3.05) is 32.1 Å². The van der Waals surface area contributed by atoms with Crippen LogP contribution in [0, 0.1) is 0 Å². The number of aromatic hydroxyl groups is 2. The molecule has 1 fully saturated rings. The average Bonchev–Trinajstić information content (AvgIpc) is 3.13. The van der Waals surface area contributed by atoms with Crippen LogP contribution in [-0.4, -0.2) is 67.1 Å². The maximum Gasteiger partial charge on any atom is 0.251 e. The third-order valence-corrected chi connectivity index (χ3v) is 6.63. The Hall–Kier alpha value is -4.37. The SMILES string of the molecule is CN(C)c1ccc(O)c(C(=O)c2ccc(C(=O)N[C@@H]3CCCNC[C@H]3NC(=O)c3ccc(O)cc3)cc2)c1. The molecule has 2 atom stereocenters. The van der Waals surface area contributed by atoms with E-state index in [0.29, 0.717) is 29.7 Å². The highest BCUT2D eigenvalue weighted by Crippen LogP contribution is 2.26. The zero-order valence-electron chi connectivity index (χ0n) is 21.4. The van der Waals surface area contributed by atoms with Gasteiger partial charge < -0.3 is 31.1 Å². The summed E-state index contributed by atoms with van der Waals surface area (Å²) in [6, 6.07) is 16.5. The normalized spacial score (nSPS) is 17.2. The Morgan fingerprint density at radius 2 is 1.39 bits per heavy atom. The summed E-state index contributed by atoms with van der Waals surface area (Å²) in [5, 5.41) is 29.0. The van der Waals surface area contributed by atoms with Crippen LogP contribution in [0.1, 0.15) is 49.5 Å². The zero-order valence-corrected chi connectivity index (χ0v) is 21.4. The number of phenolic OH excluding ortho intramolecular Hbond substituents is 2. The molecule has 198 valence electrons. The first-order chi connectivity index (χ1) is 18.2. The number of benzene rings is 3. The quantitative estimate of drug-likeness (QED) is 0.305. The molecule has 1 aliphatic heterocycles. The van der Waals surface area contributed by atoms with Crippen LogP contribution < -0.4 is 20.9 Å². The van der Waals surface area contributed by atoms with Crippen LogP contribution in [0.5, 0.6) is 11.5 Å². The van der Waals surface area contributed by atoms with Gasteiger partial charge in [-0.1, -0.05) is 12.1 Å². The molecule has 0 unspecified atom stereocenters. The van der Waals surface area contributed by atoms with Crippen molar-refractivity contribution in [3.05, 3.63) is 89.0 Å². The summed E-state index contributed by atoms with van der Waals surface area (Å²) in [5.74, 6) is -0.969. The summed E-state index contributed by atoms with van der Waals surface area (Å²) >= 11 is 0. The Morgan fingerprint density at radius 3 is 2.03 bits per heavy atom. The van der Waals surface area contributed by atoms with Crippen molar-refractivity contribution in [2.24, 2.45) is 0 Å². The second-order valence-electron chi connectivity index (χ2n) is 9.56. The van der Waals surface area contributed by atoms with Gasteiger partial charge in [-0.05, 0) is 74.0 Å². The molecule has 0 spiro atoms. The molecule has 4 rings (SSSR count). The van der Waals surface area contributed by atoms with Gasteiger partial charge in [0.15, 0.2) is 5.78 Å². The molecule has 38 heavy (non-hydrogen) atoms. The van der Waals surface area contributed by atoms with Gasteiger partial charge in [-0.25, -0.2) is 0 Å². The van der Waals surface area contributed by atoms with Gasteiger partial charge in [-0.3, -0.25) is 14.4 Å². The van der Waals surface area contributed by atoms with Crippen LogP contribution in [0.15, 0.2) is 66.7 Å². The summed E-state index contributed by atoms with van der Waals surface area (Å²) < 4.78 is 0. The van der Waals surface area contributed by atoms with Gasteiger partial charge in [0.1, 0.15) is 11.5 Å². The van der Waals surface area contributed by atoms with Gasteiger partial charge in [0.25, 0.3) is 11.8 Å². The number of carbonyl (C=O) groups excluding carboxylic acids is 3. The fraction of sp³-hybridized carbons (Fsp3) is 0.276. The van der Waals surface area contributed by atoms with Gasteiger partial charge >= 0.3 is 0 Å². The van der Waals surface area contributed by atoms with Crippen molar-refractivity contribution in [3.63, 3.8) is 0 Å². The molecule has 3 aromatic rings. The van der Waals surface area contributed by atoms with E-state index in [2.05, 4.69) is 16.0 Å².